The van der Waals surface area contributed by atoms with Gasteiger partial charge in [-0.2, -0.15) is 13.2 Å². The molecule has 2 aromatic rings. The standard InChI is InChI=1S/C17H15ClF3N3S/c18-15-7-6-12(10-14(15)17(19,20)21)11-24(13-4-2-1-3-5-13)23-16-22-8-9-25-16/h1-7,10H,8-9,11H2,(H,22,23). The maximum absolute atomic E-state index is 13.1. The molecule has 3 rings (SSSR count). The number of rotatable bonds is 4. The molecule has 0 saturated carbocycles. The Labute approximate surface area is 152 Å². The summed E-state index contributed by atoms with van der Waals surface area (Å²) in [7, 11) is 0. The molecule has 0 fully saturated rings. The number of anilines is 1. The Morgan fingerprint density at radius 1 is 1.16 bits per heavy atom. The van der Waals surface area contributed by atoms with Crippen LogP contribution in [0.1, 0.15) is 11.1 Å². The summed E-state index contributed by atoms with van der Waals surface area (Å²) in [5.41, 5.74) is 3.69. The maximum atomic E-state index is 13.1. The third-order valence-electron chi connectivity index (χ3n) is 3.56. The fourth-order valence-corrected chi connectivity index (χ4v) is 3.35. The molecule has 0 radical (unpaired) electrons. The zero-order valence-corrected chi connectivity index (χ0v) is 14.6. The number of hydrogen-bond acceptors (Lipinski definition) is 4. The van der Waals surface area contributed by atoms with Gasteiger partial charge in [-0.3, -0.25) is 15.4 Å². The molecule has 0 saturated heterocycles. The number of para-hydroxylation sites is 1. The number of amidine groups is 1. The van der Waals surface area contributed by atoms with Crippen LogP contribution in [0.2, 0.25) is 5.02 Å². The topological polar surface area (TPSA) is 27.6 Å². The van der Waals surface area contributed by atoms with Crippen LogP contribution in [-0.2, 0) is 12.7 Å². The zero-order valence-electron chi connectivity index (χ0n) is 13.1. The van der Waals surface area contributed by atoms with E-state index in [4.69, 9.17) is 11.6 Å². The van der Waals surface area contributed by atoms with Gasteiger partial charge < -0.3 is 0 Å². The predicted molar refractivity (Wildman–Crippen MR) is 97.0 cm³/mol. The highest BCUT2D eigenvalue weighted by atomic mass is 35.5. The van der Waals surface area contributed by atoms with Gasteiger partial charge in [0.25, 0.3) is 0 Å². The average Bonchev–Trinajstić information content (AvgIpc) is 3.09. The molecule has 1 aliphatic heterocycles. The molecule has 2 aromatic carbocycles. The zero-order chi connectivity index (χ0) is 17.9. The Bertz CT molecular complexity index is 765. The van der Waals surface area contributed by atoms with Crippen LogP contribution >= 0.6 is 23.4 Å². The van der Waals surface area contributed by atoms with Crippen molar-refractivity contribution in [3.05, 3.63) is 64.7 Å². The molecule has 1 N–H and O–H groups in total. The smallest absolute Gasteiger partial charge is 0.282 e. The third-order valence-corrected chi connectivity index (χ3v) is 4.77. The van der Waals surface area contributed by atoms with E-state index >= 15 is 0 Å². The maximum Gasteiger partial charge on any atom is 0.417 e. The van der Waals surface area contributed by atoms with Crippen molar-refractivity contribution < 1.29 is 13.2 Å². The first-order valence-corrected chi connectivity index (χ1v) is 8.92. The van der Waals surface area contributed by atoms with Crippen LogP contribution in [-0.4, -0.2) is 17.5 Å². The van der Waals surface area contributed by atoms with Crippen molar-refractivity contribution in [2.24, 2.45) is 4.99 Å². The van der Waals surface area contributed by atoms with Crippen molar-refractivity contribution in [3.8, 4) is 0 Å². The van der Waals surface area contributed by atoms with E-state index in [2.05, 4.69) is 10.4 Å². The first-order valence-electron chi connectivity index (χ1n) is 7.55. The minimum Gasteiger partial charge on any atom is -0.282 e. The fraction of sp³-hybridized carbons (Fsp3) is 0.235. The number of hydrazine groups is 1. The van der Waals surface area contributed by atoms with Crippen LogP contribution in [0, 0.1) is 0 Å². The molecule has 8 heteroatoms. The lowest BCUT2D eigenvalue weighted by atomic mass is 10.1. The molecule has 0 amide bonds. The van der Waals surface area contributed by atoms with Crippen molar-refractivity contribution in [3.63, 3.8) is 0 Å². The van der Waals surface area contributed by atoms with E-state index in [0.29, 0.717) is 5.56 Å². The Morgan fingerprint density at radius 3 is 2.56 bits per heavy atom. The summed E-state index contributed by atoms with van der Waals surface area (Å²) < 4.78 is 39.2. The van der Waals surface area contributed by atoms with Gasteiger partial charge in [-0.25, -0.2) is 0 Å². The van der Waals surface area contributed by atoms with Crippen molar-refractivity contribution in [1.29, 1.82) is 0 Å². The highest BCUT2D eigenvalue weighted by molar-refractivity contribution is 8.14. The van der Waals surface area contributed by atoms with Gasteiger partial charge in [0, 0.05) is 5.75 Å². The van der Waals surface area contributed by atoms with Crippen LogP contribution in [0.4, 0.5) is 18.9 Å². The number of nitrogens with zero attached hydrogens (tertiary/aromatic N) is 2. The van der Waals surface area contributed by atoms with E-state index in [1.807, 2.05) is 30.3 Å². The molecular weight excluding hydrogens is 371 g/mol. The van der Waals surface area contributed by atoms with Crippen LogP contribution in [0.15, 0.2) is 53.5 Å². The lowest BCUT2D eigenvalue weighted by molar-refractivity contribution is -0.137. The largest absolute Gasteiger partial charge is 0.417 e. The Morgan fingerprint density at radius 2 is 1.92 bits per heavy atom. The summed E-state index contributed by atoms with van der Waals surface area (Å²) in [6, 6.07) is 13.4. The summed E-state index contributed by atoms with van der Waals surface area (Å²) in [5.74, 6) is 0.893. The normalized spacial score (nSPS) is 14.3. The molecule has 0 atom stereocenters. The minimum atomic E-state index is -4.48. The van der Waals surface area contributed by atoms with Crippen molar-refractivity contribution in [1.82, 2.24) is 5.43 Å². The number of thioether (sulfide) groups is 1. The molecule has 1 heterocycles. The molecule has 0 unspecified atom stereocenters. The quantitative estimate of drug-likeness (QED) is 0.753. The van der Waals surface area contributed by atoms with Gasteiger partial charge in [-0.05, 0) is 29.8 Å². The molecule has 25 heavy (non-hydrogen) atoms. The van der Waals surface area contributed by atoms with Gasteiger partial charge in [0.15, 0.2) is 5.17 Å². The second kappa shape index (κ2) is 7.58. The lowest BCUT2D eigenvalue weighted by Crippen LogP contribution is -2.40. The summed E-state index contributed by atoms with van der Waals surface area (Å²) >= 11 is 7.28. The summed E-state index contributed by atoms with van der Waals surface area (Å²) in [6.45, 7) is 0.971. The minimum absolute atomic E-state index is 0.240. The average molecular weight is 386 g/mol. The van der Waals surface area contributed by atoms with E-state index < -0.39 is 11.7 Å². The first kappa shape index (κ1) is 17.9. The highest BCUT2D eigenvalue weighted by Crippen LogP contribution is 2.35. The second-order valence-electron chi connectivity index (χ2n) is 5.38. The van der Waals surface area contributed by atoms with Crippen molar-refractivity contribution in [2.45, 2.75) is 12.7 Å². The molecule has 0 bridgehead atoms. The van der Waals surface area contributed by atoms with Gasteiger partial charge in [0.1, 0.15) is 0 Å². The van der Waals surface area contributed by atoms with Crippen molar-refractivity contribution >= 4 is 34.2 Å². The summed E-state index contributed by atoms with van der Waals surface area (Å²) in [6.07, 6.45) is -4.48. The van der Waals surface area contributed by atoms with Gasteiger partial charge in [0.2, 0.25) is 0 Å². The number of benzene rings is 2. The monoisotopic (exact) mass is 385 g/mol. The Hall–Kier alpha value is -1.86. The second-order valence-corrected chi connectivity index (χ2v) is 6.87. The van der Waals surface area contributed by atoms with Crippen LogP contribution in [0.3, 0.4) is 0 Å². The molecule has 0 aromatic heterocycles. The molecule has 132 valence electrons. The van der Waals surface area contributed by atoms with Gasteiger partial charge in [-0.15, -0.1) is 0 Å². The molecular formula is C17H15ClF3N3S. The number of hydrogen-bond donors (Lipinski definition) is 1. The van der Waals surface area contributed by atoms with Gasteiger partial charge >= 0.3 is 6.18 Å². The number of aliphatic imine (C=N–C) groups is 1. The first-order chi connectivity index (χ1) is 11.9. The molecule has 1 aliphatic rings. The van der Waals surface area contributed by atoms with Crippen LogP contribution in [0.5, 0.6) is 0 Å². The van der Waals surface area contributed by atoms with Crippen molar-refractivity contribution in [2.75, 3.05) is 17.3 Å². The lowest BCUT2D eigenvalue weighted by Gasteiger charge is -2.26. The number of alkyl halides is 3. The van der Waals surface area contributed by atoms with E-state index in [9.17, 15) is 13.2 Å². The SMILES string of the molecule is FC(F)(F)c1cc(CN(NC2=NCCS2)c2ccccc2)ccc1Cl. The highest BCUT2D eigenvalue weighted by Gasteiger charge is 2.33. The number of nitrogens with one attached hydrogen (secondary N) is 1. The number of halogens is 4. The molecule has 0 spiro atoms. The Kier molecular flexibility index (Phi) is 5.44. The predicted octanol–water partition coefficient (Wildman–Crippen LogP) is 4.97. The van der Waals surface area contributed by atoms with Crippen LogP contribution in [0.25, 0.3) is 0 Å². The molecule has 0 aliphatic carbocycles. The fourth-order valence-electron chi connectivity index (χ4n) is 2.39. The van der Waals surface area contributed by atoms with E-state index in [-0.39, 0.29) is 11.6 Å². The summed E-state index contributed by atoms with van der Waals surface area (Å²) in [5, 5.41) is 2.24. The Balaban J connectivity index is 1.87. The van der Waals surface area contributed by atoms with Crippen LogP contribution < -0.4 is 10.4 Å². The van der Waals surface area contributed by atoms with E-state index in [1.54, 1.807) is 22.8 Å². The summed E-state index contributed by atoms with van der Waals surface area (Å²) in [4.78, 5) is 4.34. The molecule has 3 nitrogen and oxygen atoms in total. The van der Waals surface area contributed by atoms with E-state index in [0.717, 1.165) is 29.2 Å². The van der Waals surface area contributed by atoms with Gasteiger partial charge in [0.05, 0.1) is 29.4 Å². The van der Waals surface area contributed by atoms with E-state index in [1.165, 1.54) is 6.07 Å². The third kappa shape index (κ3) is 4.61. The van der Waals surface area contributed by atoms with Gasteiger partial charge in [-0.1, -0.05) is 47.6 Å².